The second-order valence-electron chi connectivity index (χ2n) is 2.53. The van der Waals surface area contributed by atoms with Gasteiger partial charge >= 0.3 is 0 Å². The monoisotopic (exact) mass is 164 g/mol. The summed E-state index contributed by atoms with van der Waals surface area (Å²) < 4.78 is 0. The van der Waals surface area contributed by atoms with Gasteiger partial charge in [0.25, 0.3) is 0 Å². The molecule has 0 saturated heterocycles. The Bertz CT molecular complexity index is 277. The summed E-state index contributed by atoms with van der Waals surface area (Å²) in [5.74, 6) is 0.400. The van der Waals surface area contributed by atoms with Gasteiger partial charge in [-0.15, -0.1) is 0 Å². The van der Waals surface area contributed by atoms with Crippen LogP contribution in [0.5, 0.6) is 0 Å². The lowest BCUT2D eigenvalue weighted by Crippen LogP contribution is -2.13. The summed E-state index contributed by atoms with van der Waals surface area (Å²) in [6.07, 6.45) is 0. The van der Waals surface area contributed by atoms with Gasteiger partial charge < -0.3 is 10.6 Å². The summed E-state index contributed by atoms with van der Waals surface area (Å²) in [6, 6.07) is 7.78. The minimum atomic E-state index is 0.400. The van der Waals surface area contributed by atoms with Gasteiger partial charge in [0, 0.05) is 5.56 Å². The smallest absolute Gasteiger partial charge is 0.170 e. The van der Waals surface area contributed by atoms with E-state index in [1.54, 1.807) is 0 Å². The Kier molecular flexibility index (Phi) is 2.69. The Balaban J connectivity index is 2.89. The van der Waals surface area contributed by atoms with E-state index in [4.69, 9.17) is 5.73 Å². The molecule has 0 aromatic heterocycles. The van der Waals surface area contributed by atoms with E-state index in [2.05, 4.69) is 9.99 Å². The molecule has 1 aromatic rings. The Hall–Kier alpha value is -1.51. The Morgan fingerprint density at radius 3 is 2.42 bits per heavy atom. The zero-order valence-corrected chi connectivity index (χ0v) is 7.24. The Labute approximate surface area is 71.8 Å². The van der Waals surface area contributed by atoms with Crippen LogP contribution in [-0.2, 0) is 4.84 Å². The third kappa shape index (κ3) is 1.99. The molecule has 0 fully saturated rings. The highest BCUT2D eigenvalue weighted by Gasteiger charge is 1.96. The lowest BCUT2D eigenvalue weighted by atomic mass is 10.1. The third-order valence-electron chi connectivity index (χ3n) is 1.54. The van der Waals surface area contributed by atoms with E-state index in [0.29, 0.717) is 5.84 Å². The van der Waals surface area contributed by atoms with Crippen molar-refractivity contribution >= 4 is 5.84 Å². The average molecular weight is 164 g/mol. The molecule has 0 spiro atoms. The van der Waals surface area contributed by atoms with Crippen LogP contribution in [0.25, 0.3) is 0 Å². The molecule has 1 aromatic carbocycles. The molecule has 1 rings (SSSR count). The fraction of sp³-hybridized carbons (Fsp3) is 0.222. The van der Waals surface area contributed by atoms with Gasteiger partial charge in [-0.2, -0.15) is 0 Å². The van der Waals surface area contributed by atoms with E-state index in [0.717, 1.165) is 5.56 Å². The first-order valence-corrected chi connectivity index (χ1v) is 3.67. The summed E-state index contributed by atoms with van der Waals surface area (Å²) in [6.45, 7) is 2.02. The van der Waals surface area contributed by atoms with Crippen molar-refractivity contribution in [3.8, 4) is 0 Å². The molecule has 0 radical (unpaired) electrons. The molecule has 0 saturated carbocycles. The van der Waals surface area contributed by atoms with Gasteiger partial charge in [-0.05, 0) is 6.92 Å². The number of rotatable bonds is 2. The highest BCUT2D eigenvalue weighted by atomic mass is 16.6. The van der Waals surface area contributed by atoms with Crippen molar-refractivity contribution in [3.05, 3.63) is 35.4 Å². The molecule has 0 aliphatic carbocycles. The Morgan fingerprint density at radius 2 is 1.92 bits per heavy atom. The lowest BCUT2D eigenvalue weighted by molar-refractivity contribution is 0.213. The fourth-order valence-electron chi connectivity index (χ4n) is 0.875. The first-order chi connectivity index (χ1) is 5.74. The number of nitrogens with two attached hydrogens (primary N) is 1. The quantitative estimate of drug-likeness (QED) is 0.406. The summed E-state index contributed by atoms with van der Waals surface area (Å²) in [4.78, 5) is 4.55. The second-order valence-corrected chi connectivity index (χ2v) is 2.53. The van der Waals surface area contributed by atoms with Gasteiger partial charge in [0.05, 0.1) is 0 Å². The van der Waals surface area contributed by atoms with Crippen LogP contribution in [-0.4, -0.2) is 12.9 Å². The summed E-state index contributed by atoms with van der Waals surface area (Å²) in [5, 5.41) is 3.62. The Morgan fingerprint density at radius 1 is 1.33 bits per heavy atom. The van der Waals surface area contributed by atoms with Crippen LogP contribution in [0.3, 0.4) is 0 Å². The van der Waals surface area contributed by atoms with Crippen molar-refractivity contribution in [1.29, 1.82) is 0 Å². The predicted molar refractivity (Wildman–Crippen MR) is 48.9 cm³/mol. The number of amidine groups is 1. The molecule has 0 aliphatic rings. The highest BCUT2D eigenvalue weighted by molar-refractivity contribution is 5.97. The molecule has 0 heterocycles. The number of oxime groups is 1. The molecule has 0 atom stereocenters. The van der Waals surface area contributed by atoms with Crippen LogP contribution in [0.15, 0.2) is 29.4 Å². The van der Waals surface area contributed by atoms with Gasteiger partial charge in [-0.1, -0.05) is 35.0 Å². The van der Waals surface area contributed by atoms with Crippen LogP contribution in [0.2, 0.25) is 0 Å². The molecular formula is C9H12N2O. The summed E-state index contributed by atoms with van der Waals surface area (Å²) >= 11 is 0. The van der Waals surface area contributed by atoms with Crippen LogP contribution in [0.4, 0.5) is 0 Å². The van der Waals surface area contributed by atoms with Crippen molar-refractivity contribution in [1.82, 2.24) is 0 Å². The van der Waals surface area contributed by atoms with Crippen LogP contribution >= 0.6 is 0 Å². The maximum absolute atomic E-state index is 5.58. The van der Waals surface area contributed by atoms with Gasteiger partial charge in [0.2, 0.25) is 0 Å². The van der Waals surface area contributed by atoms with Crippen molar-refractivity contribution in [3.63, 3.8) is 0 Å². The zero-order valence-electron chi connectivity index (χ0n) is 7.24. The van der Waals surface area contributed by atoms with E-state index in [1.807, 2.05) is 31.2 Å². The minimum absolute atomic E-state index is 0.400. The summed E-state index contributed by atoms with van der Waals surface area (Å²) in [5.41, 5.74) is 7.66. The third-order valence-corrected chi connectivity index (χ3v) is 1.54. The maximum Gasteiger partial charge on any atom is 0.170 e. The zero-order chi connectivity index (χ0) is 8.97. The van der Waals surface area contributed by atoms with Gasteiger partial charge in [-0.3, -0.25) is 0 Å². The molecule has 64 valence electrons. The van der Waals surface area contributed by atoms with Crippen LogP contribution < -0.4 is 5.73 Å². The second kappa shape index (κ2) is 3.76. The van der Waals surface area contributed by atoms with E-state index < -0.39 is 0 Å². The van der Waals surface area contributed by atoms with E-state index >= 15 is 0 Å². The van der Waals surface area contributed by atoms with Gasteiger partial charge in [0.15, 0.2) is 5.84 Å². The van der Waals surface area contributed by atoms with E-state index in [1.165, 1.54) is 12.7 Å². The van der Waals surface area contributed by atoms with Crippen LogP contribution in [0.1, 0.15) is 11.1 Å². The standard InChI is InChI=1S/C9H12N2O/c1-7-3-5-8(6-4-7)9(10)11-12-2/h3-6H,1-2H3,(H2,10,11). The number of hydrogen-bond donors (Lipinski definition) is 1. The SMILES string of the molecule is CO/N=C(\N)c1ccc(C)cc1. The largest absolute Gasteiger partial charge is 0.397 e. The molecule has 0 amide bonds. The molecule has 3 nitrogen and oxygen atoms in total. The molecule has 0 bridgehead atoms. The number of benzene rings is 1. The van der Waals surface area contributed by atoms with Crippen molar-refractivity contribution < 1.29 is 4.84 Å². The summed E-state index contributed by atoms with van der Waals surface area (Å²) in [7, 11) is 1.47. The number of hydrogen-bond acceptors (Lipinski definition) is 2. The molecule has 2 N–H and O–H groups in total. The van der Waals surface area contributed by atoms with E-state index in [9.17, 15) is 0 Å². The van der Waals surface area contributed by atoms with Crippen LogP contribution in [0, 0.1) is 6.92 Å². The highest BCUT2D eigenvalue weighted by Crippen LogP contribution is 2.02. The molecule has 0 unspecified atom stereocenters. The predicted octanol–water partition coefficient (Wildman–Crippen LogP) is 1.26. The number of aryl methyl sites for hydroxylation is 1. The van der Waals surface area contributed by atoms with Gasteiger partial charge in [0.1, 0.15) is 7.11 Å². The van der Waals surface area contributed by atoms with Crippen molar-refractivity contribution in [2.75, 3.05) is 7.11 Å². The molecular weight excluding hydrogens is 152 g/mol. The normalized spacial score (nSPS) is 11.3. The molecule has 12 heavy (non-hydrogen) atoms. The lowest BCUT2D eigenvalue weighted by Gasteiger charge is -1.99. The topological polar surface area (TPSA) is 47.6 Å². The molecule has 3 heteroatoms. The van der Waals surface area contributed by atoms with Crippen molar-refractivity contribution in [2.45, 2.75) is 6.92 Å². The first kappa shape index (κ1) is 8.59. The van der Waals surface area contributed by atoms with Crippen molar-refractivity contribution in [2.24, 2.45) is 10.9 Å². The maximum atomic E-state index is 5.58. The molecule has 0 aliphatic heterocycles. The fourth-order valence-corrected chi connectivity index (χ4v) is 0.875. The minimum Gasteiger partial charge on any atom is -0.397 e. The first-order valence-electron chi connectivity index (χ1n) is 3.67. The number of nitrogens with zero attached hydrogens (tertiary/aromatic N) is 1. The van der Waals surface area contributed by atoms with E-state index in [-0.39, 0.29) is 0 Å². The van der Waals surface area contributed by atoms with Gasteiger partial charge in [-0.25, -0.2) is 0 Å². The average Bonchev–Trinajstić information content (AvgIpc) is 2.06.